The highest BCUT2D eigenvalue weighted by Gasteiger charge is 2.00. The van der Waals surface area contributed by atoms with Crippen molar-refractivity contribution in [1.29, 1.82) is 0 Å². The molecular formula is C11H21NO4. The van der Waals surface area contributed by atoms with Gasteiger partial charge in [-0.05, 0) is 13.8 Å². The van der Waals surface area contributed by atoms with Gasteiger partial charge in [0.25, 0.3) is 0 Å². The van der Waals surface area contributed by atoms with E-state index in [2.05, 4.69) is 5.32 Å². The number of carbonyl (C=O) groups is 2. The van der Waals surface area contributed by atoms with Crippen LogP contribution in [0.5, 0.6) is 0 Å². The van der Waals surface area contributed by atoms with Crippen LogP contribution in [0.3, 0.4) is 0 Å². The van der Waals surface area contributed by atoms with Gasteiger partial charge in [-0.25, -0.2) is 0 Å². The third-order valence-corrected chi connectivity index (χ3v) is 1.84. The van der Waals surface area contributed by atoms with Crippen LogP contribution in [-0.4, -0.2) is 44.7 Å². The second-order valence-electron chi connectivity index (χ2n) is 3.36. The summed E-state index contributed by atoms with van der Waals surface area (Å²) in [6, 6.07) is 0. The van der Waals surface area contributed by atoms with Gasteiger partial charge in [0.15, 0.2) is 0 Å². The third kappa shape index (κ3) is 11.1. The quantitative estimate of drug-likeness (QED) is 0.557. The minimum Gasteiger partial charge on any atom is -0.380 e. The maximum atomic E-state index is 11.2. The van der Waals surface area contributed by atoms with E-state index < -0.39 is 0 Å². The van der Waals surface area contributed by atoms with E-state index in [0.717, 1.165) is 0 Å². The molecule has 0 saturated carbocycles. The summed E-state index contributed by atoms with van der Waals surface area (Å²) in [5.74, 6) is 0.0451. The van der Waals surface area contributed by atoms with Crippen molar-refractivity contribution < 1.29 is 19.1 Å². The Bertz CT molecular complexity index is 206. The summed E-state index contributed by atoms with van der Waals surface area (Å²) in [6.45, 7) is 5.89. The number of hydrogen-bond donors (Lipinski definition) is 1. The summed E-state index contributed by atoms with van der Waals surface area (Å²) < 4.78 is 10.2. The molecule has 94 valence electrons. The molecule has 1 amide bonds. The lowest BCUT2D eigenvalue weighted by Crippen LogP contribution is -2.28. The number of nitrogens with one attached hydrogen (secondary N) is 1. The Kier molecular flexibility index (Phi) is 9.95. The van der Waals surface area contributed by atoms with Crippen LogP contribution in [0.4, 0.5) is 0 Å². The average Bonchev–Trinajstić information content (AvgIpc) is 2.23. The largest absolute Gasteiger partial charge is 0.380 e. The molecule has 0 aromatic carbocycles. The monoisotopic (exact) mass is 231 g/mol. The van der Waals surface area contributed by atoms with E-state index in [9.17, 15) is 9.59 Å². The summed E-state index contributed by atoms with van der Waals surface area (Å²) in [7, 11) is 0. The van der Waals surface area contributed by atoms with Gasteiger partial charge in [0.2, 0.25) is 5.91 Å². The molecule has 0 aliphatic heterocycles. The van der Waals surface area contributed by atoms with E-state index >= 15 is 0 Å². The zero-order valence-electron chi connectivity index (χ0n) is 10.1. The van der Waals surface area contributed by atoms with Crippen LogP contribution in [0.2, 0.25) is 0 Å². The Hall–Kier alpha value is -0.940. The Balaban J connectivity index is 3.20. The molecule has 0 aromatic heterocycles. The molecule has 0 rings (SSSR count). The summed E-state index contributed by atoms with van der Waals surface area (Å²) in [5.41, 5.74) is 0. The molecule has 0 aliphatic carbocycles. The minimum atomic E-state index is -0.0532. The zero-order valence-corrected chi connectivity index (χ0v) is 10.1. The van der Waals surface area contributed by atoms with Gasteiger partial charge >= 0.3 is 0 Å². The summed E-state index contributed by atoms with van der Waals surface area (Å²) in [5, 5.41) is 2.71. The SMILES string of the molecule is CCOCCNC(=O)CCOCCC(C)=O. The molecule has 0 heterocycles. The predicted molar refractivity (Wildman–Crippen MR) is 60.2 cm³/mol. The fourth-order valence-electron chi connectivity index (χ4n) is 0.978. The molecule has 0 radical (unpaired) electrons. The first kappa shape index (κ1) is 15.1. The summed E-state index contributed by atoms with van der Waals surface area (Å²) in [4.78, 5) is 21.8. The Labute approximate surface area is 96.5 Å². The smallest absolute Gasteiger partial charge is 0.222 e. The highest BCUT2D eigenvalue weighted by Crippen LogP contribution is 1.87. The fraction of sp³-hybridized carbons (Fsp3) is 0.818. The van der Waals surface area contributed by atoms with E-state index in [-0.39, 0.29) is 11.7 Å². The van der Waals surface area contributed by atoms with Gasteiger partial charge in [-0.1, -0.05) is 0 Å². The van der Waals surface area contributed by atoms with Crippen LogP contribution in [-0.2, 0) is 19.1 Å². The highest BCUT2D eigenvalue weighted by molar-refractivity contribution is 5.76. The van der Waals surface area contributed by atoms with Crippen molar-refractivity contribution in [2.24, 2.45) is 0 Å². The van der Waals surface area contributed by atoms with Gasteiger partial charge in [-0.15, -0.1) is 0 Å². The minimum absolute atomic E-state index is 0.0532. The molecule has 5 nitrogen and oxygen atoms in total. The molecule has 0 spiro atoms. The normalized spacial score (nSPS) is 10.1. The number of rotatable bonds is 10. The summed E-state index contributed by atoms with van der Waals surface area (Å²) >= 11 is 0. The van der Waals surface area contributed by atoms with E-state index in [0.29, 0.717) is 45.8 Å². The van der Waals surface area contributed by atoms with Gasteiger partial charge in [-0.2, -0.15) is 0 Å². The maximum Gasteiger partial charge on any atom is 0.222 e. The number of hydrogen-bond acceptors (Lipinski definition) is 4. The van der Waals surface area contributed by atoms with Crippen molar-refractivity contribution in [1.82, 2.24) is 5.32 Å². The van der Waals surface area contributed by atoms with Gasteiger partial charge in [-0.3, -0.25) is 9.59 Å². The van der Waals surface area contributed by atoms with E-state index in [1.165, 1.54) is 6.92 Å². The van der Waals surface area contributed by atoms with Gasteiger partial charge in [0, 0.05) is 26.0 Å². The zero-order chi connectivity index (χ0) is 12.2. The molecule has 0 saturated heterocycles. The second kappa shape index (κ2) is 10.6. The lowest BCUT2D eigenvalue weighted by atomic mass is 10.3. The molecule has 0 aromatic rings. The second-order valence-corrected chi connectivity index (χ2v) is 3.36. The van der Waals surface area contributed by atoms with Crippen molar-refractivity contribution in [3.63, 3.8) is 0 Å². The topological polar surface area (TPSA) is 64.6 Å². The highest BCUT2D eigenvalue weighted by atomic mass is 16.5. The number of ketones is 1. The van der Waals surface area contributed by atoms with Crippen molar-refractivity contribution in [3.8, 4) is 0 Å². The molecule has 0 bridgehead atoms. The summed E-state index contributed by atoms with van der Waals surface area (Å²) in [6.07, 6.45) is 0.732. The van der Waals surface area contributed by atoms with E-state index in [4.69, 9.17) is 9.47 Å². The number of Topliss-reactive ketones (excluding diaryl/α,β-unsaturated/α-hetero) is 1. The van der Waals surface area contributed by atoms with Crippen LogP contribution >= 0.6 is 0 Å². The van der Waals surface area contributed by atoms with Gasteiger partial charge < -0.3 is 14.8 Å². The number of amides is 1. The van der Waals surface area contributed by atoms with E-state index in [1.54, 1.807) is 0 Å². The number of carbonyl (C=O) groups excluding carboxylic acids is 2. The molecular weight excluding hydrogens is 210 g/mol. The molecule has 0 atom stereocenters. The van der Waals surface area contributed by atoms with Crippen LogP contribution in [0, 0.1) is 0 Å². The standard InChI is InChI=1S/C11H21NO4/c1-3-15-9-6-12-11(14)5-8-16-7-4-10(2)13/h3-9H2,1-2H3,(H,12,14). The molecule has 0 aliphatic rings. The Morgan fingerprint density at radius 3 is 2.38 bits per heavy atom. The van der Waals surface area contributed by atoms with Gasteiger partial charge in [0.1, 0.15) is 5.78 Å². The van der Waals surface area contributed by atoms with Crippen molar-refractivity contribution >= 4 is 11.7 Å². The van der Waals surface area contributed by atoms with Crippen LogP contribution in [0.25, 0.3) is 0 Å². The van der Waals surface area contributed by atoms with Crippen LogP contribution in [0.1, 0.15) is 26.7 Å². The van der Waals surface area contributed by atoms with Crippen LogP contribution < -0.4 is 5.32 Å². The average molecular weight is 231 g/mol. The lowest BCUT2D eigenvalue weighted by Gasteiger charge is -2.05. The van der Waals surface area contributed by atoms with Crippen molar-refractivity contribution in [2.75, 3.05) is 33.0 Å². The molecule has 0 unspecified atom stereocenters. The fourth-order valence-corrected chi connectivity index (χ4v) is 0.978. The van der Waals surface area contributed by atoms with E-state index in [1.807, 2.05) is 6.92 Å². The van der Waals surface area contributed by atoms with Crippen molar-refractivity contribution in [3.05, 3.63) is 0 Å². The Morgan fingerprint density at radius 1 is 1.06 bits per heavy atom. The first-order valence-corrected chi connectivity index (χ1v) is 5.58. The predicted octanol–water partition coefficient (Wildman–Crippen LogP) is 0.525. The van der Waals surface area contributed by atoms with Crippen LogP contribution in [0.15, 0.2) is 0 Å². The Morgan fingerprint density at radius 2 is 1.75 bits per heavy atom. The molecule has 5 heteroatoms. The molecule has 1 N–H and O–H groups in total. The first-order valence-electron chi connectivity index (χ1n) is 5.58. The maximum absolute atomic E-state index is 11.2. The number of ether oxygens (including phenoxy) is 2. The lowest BCUT2D eigenvalue weighted by molar-refractivity contribution is -0.122. The van der Waals surface area contributed by atoms with Crippen molar-refractivity contribution in [2.45, 2.75) is 26.7 Å². The third-order valence-electron chi connectivity index (χ3n) is 1.84. The molecule has 16 heavy (non-hydrogen) atoms. The molecule has 0 fully saturated rings. The first-order chi connectivity index (χ1) is 7.66. The van der Waals surface area contributed by atoms with Gasteiger partial charge in [0.05, 0.1) is 19.8 Å².